The molecule has 4 aromatic rings. The van der Waals surface area contributed by atoms with Gasteiger partial charge in [0, 0.05) is 23.5 Å². The third-order valence-corrected chi connectivity index (χ3v) is 5.45. The lowest BCUT2D eigenvalue weighted by Gasteiger charge is -2.07. The first-order chi connectivity index (χ1) is 15.9. The Balaban J connectivity index is 0.000000214. The molecule has 0 atom stereocenters. The van der Waals surface area contributed by atoms with E-state index in [0.29, 0.717) is 17.3 Å². The van der Waals surface area contributed by atoms with Crippen LogP contribution in [0.15, 0.2) is 67.0 Å². The van der Waals surface area contributed by atoms with Gasteiger partial charge in [0.05, 0.1) is 11.8 Å². The summed E-state index contributed by atoms with van der Waals surface area (Å²) >= 11 is 0. The summed E-state index contributed by atoms with van der Waals surface area (Å²) < 4.78 is 1.65. The number of benzene rings is 2. The normalized spacial score (nSPS) is 12.6. The van der Waals surface area contributed by atoms with Crippen LogP contribution in [-0.4, -0.2) is 37.0 Å². The number of anilines is 1. The van der Waals surface area contributed by atoms with Gasteiger partial charge in [-0.3, -0.25) is 5.32 Å². The Hall–Kier alpha value is -4.04. The van der Waals surface area contributed by atoms with Gasteiger partial charge in [-0.2, -0.15) is 5.10 Å². The highest BCUT2D eigenvalue weighted by Crippen LogP contribution is 2.29. The van der Waals surface area contributed by atoms with Gasteiger partial charge in [-0.1, -0.05) is 42.5 Å². The second kappa shape index (κ2) is 9.62. The fourth-order valence-corrected chi connectivity index (χ4v) is 3.84. The van der Waals surface area contributed by atoms with Crippen molar-refractivity contribution in [2.75, 3.05) is 5.32 Å². The number of aliphatic hydroxyl groups is 1. The lowest BCUT2D eigenvalue weighted by atomic mass is 10.1. The number of hydrogen-bond donors (Lipinski definition) is 3. The monoisotopic (exact) mass is 442 g/mol. The van der Waals surface area contributed by atoms with Gasteiger partial charge in [-0.15, -0.1) is 0 Å². The summed E-state index contributed by atoms with van der Waals surface area (Å²) in [5.41, 5.74) is 11.0. The fraction of sp³-hybridized carbons (Fsp3) is 0.200. The number of nitrogens with two attached hydrogens (primary N) is 1. The number of aryl methyl sites for hydroxylation is 1. The molecule has 5 rings (SSSR count). The van der Waals surface area contributed by atoms with E-state index in [-0.39, 0.29) is 6.10 Å². The Labute approximate surface area is 192 Å². The van der Waals surface area contributed by atoms with Gasteiger partial charge in [0.1, 0.15) is 17.3 Å². The summed E-state index contributed by atoms with van der Waals surface area (Å²) in [4.78, 5) is 19.7. The maximum absolute atomic E-state index is 11.3. The summed E-state index contributed by atoms with van der Waals surface area (Å²) in [6.07, 6.45) is 4.98. The molecule has 0 saturated heterocycles. The standard InChI is InChI=1S/C16H16N6O.C9H10O/c1-10-14(12-8-18-11(2)19-9-12)21-22(15(10)20-16(17)23)13-6-4-3-5-7-13;10-9-5-7-3-1-2-4-8(7)6-9/h3-9H,1-2H3,(H3,17,20,23);1-4,9-10H,5-6H2. The van der Waals surface area contributed by atoms with Crippen molar-refractivity contribution in [1.29, 1.82) is 0 Å². The number of hydrogen-bond acceptors (Lipinski definition) is 5. The van der Waals surface area contributed by atoms with Crippen molar-refractivity contribution < 1.29 is 9.90 Å². The molecule has 168 valence electrons. The van der Waals surface area contributed by atoms with Crippen LogP contribution >= 0.6 is 0 Å². The summed E-state index contributed by atoms with van der Waals surface area (Å²) in [6, 6.07) is 17.1. The second-order valence-corrected chi connectivity index (χ2v) is 7.91. The summed E-state index contributed by atoms with van der Waals surface area (Å²) in [5.74, 6) is 1.21. The Morgan fingerprint density at radius 1 is 1.00 bits per heavy atom. The zero-order valence-corrected chi connectivity index (χ0v) is 18.6. The number of aliphatic hydroxyl groups excluding tert-OH is 1. The number of para-hydroxylation sites is 1. The zero-order chi connectivity index (χ0) is 23.4. The van der Waals surface area contributed by atoms with Gasteiger partial charge in [0.2, 0.25) is 0 Å². The van der Waals surface area contributed by atoms with Gasteiger partial charge >= 0.3 is 6.03 Å². The number of primary amides is 1. The van der Waals surface area contributed by atoms with Crippen molar-refractivity contribution in [1.82, 2.24) is 19.7 Å². The third-order valence-electron chi connectivity index (χ3n) is 5.45. The van der Waals surface area contributed by atoms with Crippen LogP contribution in [0.4, 0.5) is 10.6 Å². The van der Waals surface area contributed by atoms with E-state index in [1.54, 1.807) is 17.1 Å². The van der Waals surface area contributed by atoms with Gasteiger partial charge in [0.15, 0.2) is 0 Å². The van der Waals surface area contributed by atoms with Crippen molar-refractivity contribution in [3.05, 3.63) is 89.5 Å². The lowest BCUT2D eigenvalue weighted by Crippen LogP contribution is -2.21. The summed E-state index contributed by atoms with van der Waals surface area (Å²) in [5, 5.41) is 16.5. The van der Waals surface area contributed by atoms with E-state index in [4.69, 9.17) is 5.73 Å². The molecule has 2 aromatic heterocycles. The van der Waals surface area contributed by atoms with Crippen LogP contribution < -0.4 is 11.1 Å². The number of urea groups is 1. The SMILES string of the molecule is Cc1ncc(-c2nn(-c3ccccc3)c(NC(N)=O)c2C)cn1.OC1Cc2ccccc2C1. The lowest BCUT2D eigenvalue weighted by molar-refractivity contribution is 0.187. The van der Waals surface area contributed by atoms with E-state index >= 15 is 0 Å². The molecule has 0 bridgehead atoms. The van der Waals surface area contributed by atoms with Gasteiger partial charge < -0.3 is 10.8 Å². The maximum Gasteiger partial charge on any atom is 0.317 e. The number of aromatic nitrogens is 4. The molecule has 1 aliphatic carbocycles. The van der Waals surface area contributed by atoms with Crippen LogP contribution in [0.2, 0.25) is 0 Å². The molecular formula is C25H26N6O2. The average Bonchev–Trinajstić information content (AvgIpc) is 3.34. The molecule has 2 aromatic carbocycles. The number of nitrogens with one attached hydrogen (secondary N) is 1. The van der Waals surface area contributed by atoms with E-state index in [2.05, 4.69) is 32.5 Å². The fourth-order valence-electron chi connectivity index (χ4n) is 3.84. The van der Waals surface area contributed by atoms with Crippen LogP contribution in [0, 0.1) is 13.8 Å². The predicted molar refractivity (Wildman–Crippen MR) is 127 cm³/mol. The molecular weight excluding hydrogens is 416 g/mol. The molecule has 2 amide bonds. The molecule has 33 heavy (non-hydrogen) atoms. The highest BCUT2D eigenvalue weighted by atomic mass is 16.3. The molecule has 0 radical (unpaired) electrons. The van der Waals surface area contributed by atoms with E-state index in [9.17, 15) is 9.90 Å². The van der Waals surface area contributed by atoms with Crippen molar-refractivity contribution in [2.45, 2.75) is 32.8 Å². The Bertz CT molecular complexity index is 1230. The van der Waals surface area contributed by atoms with E-state index < -0.39 is 6.03 Å². The molecule has 1 aliphatic rings. The van der Waals surface area contributed by atoms with Crippen molar-refractivity contribution in [2.24, 2.45) is 5.73 Å². The van der Waals surface area contributed by atoms with Crippen molar-refractivity contribution in [3.63, 3.8) is 0 Å². The predicted octanol–water partition coefficient (Wildman–Crippen LogP) is 3.58. The molecule has 8 heteroatoms. The van der Waals surface area contributed by atoms with Crippen LogP contribution in [0.5, 0.6) is 0 Å². The molecule has 4 N–H and O–H groups in total. The van der Waals surface area contributed by atoms with E-state index in [1.165, 1.54) is 11.1 Å². The van der Waals surface area contributed by atoms with Gasteiger partial charge in [-0.05, 0) is 49.9 Å². The number of carbonyl (C=O) groups is 1. The Kier molecular flexibility index (Phi) is 6.46. The third kappa shape index (κ3) is 5.07. The highest BCUT2D eigenvalue weighted by Gasteiger charge is 2.19. The Morgan fingerprint density at radius 3 is 2.15 bits per heavy atom. The largest absolute Gasteiger partial charge is 0.392 e. The second-order valence-electron chi connectivity index (χ2n) is 7.91. The smallest absolute Gasteiger partial charge is 0.317 e. The summed E-state index contributed by atoms with van der Waals surface area (Å²) in [7, 11) is 0. The number of amides is 2. The minimum atomic E-state index is -0.642. The quantitative estimate of drug-likeness (QED) is 0.448. The number of fused-ring (bicyclic) bond motifs is 1. The first-order valence-corrected chi connectivity index (χ1v) is 10.7. The minimum Gasteiger partial charge on any atom is -0.392 e. The number of carbonyl (C=O) groups excluding carboxylic acids is 1. The van der Waals surface area contributed by atoms with Gasteiger partial charge in [-0.25, -0.2) is 19.4 Å². The van der Waals surface area contributed by atoms with Crippen LogP contribution in [-0.2, 0) is 12.8 Å². The van der Waals surface area contributed by atoms with E-state index in [0.717, 1.165) is 29.7 Å². The molecule has 0 spiro atoms. The van der Waals surface area contributed by atoms with Gasteiger partial charge in [0.25, 0.3) is 0 Å². The number of rotatable bonds is 3. The first-order valence-electron chi connectivity index (χ1n) is 10.7. The molecule has 0 aliphatic heterocycles. The maximum atomic E-state index is 11.3. The molecule has 0 unspecified atom stereocenters. The topological polar surface area (TPSA) is 119 Å². The van der Waals surface area contributed by atoms with Crippen molar-refractivity contribution >= 4 is 11.8 Å². The average molecular weight is 443 g/mol. The van der Waals surface area contributed by atoms with Crippen LogP contribution in [0.1, 0.15) is 22.5 Å². The van der Waals surface area contributed by atoms with Crippen LogP contribution in [0.25, 0.3) is 16.9 Å². The molecule has 0 saturated carbocycles. The molecule has 8 nitrogen and oxygen atoms in total. The van der Waals surface area contributed by atoms with Crippen LogP contribution in [0.3, 0.4) is 0 Å². The highest BCUT2D eigenvalue weighted by molar-refractivity contribution is 5.89. The molecule has 0 fully saturated rings. The summed E-state index contributed by atoms with van der Waals surface area (Å²) in [6.45, 7) is 3.69. The number of nitrogens with zero attached hydrogens (tertiary/aromatic N) is 4. The molecule has 2 heterocycles. The van der Waals surface area contributed by atoms with Crippen molar-refractivity contribution in [3.8, 4) is 16.9 Å². The zero-order valence-electron chi connectivity index (χ0n) is 18.6. The minimum absolute atomic E-state index is 0.127. The first kappa shape index (κ1) is 22.2. The Morgan fingerprint density at radius 2 is 1.58 bits per heavy atom. The van der Waals surface area contributed by atoms with E-state index in [1.807, 2.05) is 56.3 Å².